The maximum absolute atomic E-state index is 12.4. The second-order valence-corrected chi connectivity index (χ2v) is 2.92. The van der Waals surface area contributed by atoms with Crippen molar-refractivity contribution in [2.24, 2.45) is 0 Å². The molecule has 0 aliphatic rings. The Kier molecular flexibility index (Phi) is 2.15. The van der Waals surface area contributed by atoms with Crippen LogP contribution < -0.4 is 0 Å². The quantitative estimate of drug-likeness (QED) is 0.689. The van der Waals surface area contributed by atoms with E-state index in [1.54, 1.807) is 19.9 Å². The Morgan fingerprint density at radius 1 is 1.08 bits per heavy atom. The van der Waals surface area contributed by atoms with Gasteiger partial charge in [0.05, 0.1) is 5.56 Å². The molecule has 0 aromatic heterocycles. The van der Waals surface area contributed by atoms with Crippen molar-refractivity contribution < 1.29 is 13.9 Å². The van der Waals surface area contributed by atoms with Gasteiger partial charge in [-0.05, 0) is 26.0 Å². The maximum Gasteiger partial charge on any atom is 0.380 e. The van der Waals surface area contributed by atoms with Gasteiger partial charge in [0.2, 0.25) is 0 Å². The van der Waals surface area contributed by atoms with Crippen molar-refractivity contribution in [1.82, 2.24) is 0 Å². The van der Waals surface area contributed by atoms with Crippen molar-refractivity contribution in [1.29, 1.82) is 0 Å². The Morgan fingerprint density at radius 2 is 1.50 bits per heavy atom. The molecule has 0 radical (unpaired) electrons. The molecule has 0 spiro atoms. The predicted octanol–water partition coefficient (Wildman–Crippen LogP) is 2.35. The van der Waals surface area contributed by atoms with E-state index < -0.39 is 6.11 Å². The first-order valence-electron chi connectivity index (χ1n) is 3.58. The summed E-state index contributed by atoms with van der Waals surface area (Å²) < 4.78 is 24.7. The third-order valence-electron chi connectivity index (χ3n) is 1.57. The second-order valence-electron chi connectivity index (χ2n) is 2.92. The molecule has 0 saturated carbocycles. The second kappa shape index (κ2) is 2.83. The van der Waals surface area contributed by atoms with Gasteiger partial charge >= 0.3 is 6.11 Å². The van der Waals surface area contributed by atoms with E-state index >= 15 is 0 Å². The molecule has 1 N–H and O–H groups in total. The highest BCUT2D eigenvalue weighted by Crippen LogP contribution is 2.25. The first-order valence-corrected chi connectivity index (χ1v) is 3.58. The van der Waals surface area contributed by atoms with Crippen LogP contribution in [-0.4, -0.2) is 5.11 Å². The molecular weight excluding hydrogens is 162 g/mol. The predicted molar refractivity (Wildman–Crippen MR) is 42.0 cm³/mol. The summed E-state index contributed by atoms with van der Waals surface area (Å²) in [7, 11) is 0. The minimum absolute atomic E-state index is 0.347. The van der Waals surface area contributed by atoms with Gasteiger partial charge in [-0.2, -0.15) is 8.78 Å². The molecule has 0 aliphatic carbocycles. The number of alkyl halides is 2. The number of benzene rings is 1. The van der Waals surface area contributed by atoms with Crippen molar-refractivity contribution in [2.75, 3.05) is 0 Å². The highest BCUT2D eigenvalue weighted by Gasteiger charge is 2.27. The van der Waals surface area contributed by atoms with E-state index in [4.69, 9.17) is 5.11 Å². The van der Waals surface area contributed by atoms with Gasteiger partial charge in [0.15, 0.2) is 0 Å². The van der Waals surface area contributed by atoms with Crippen molar-refractivity contribution in [3.63, 3.8) is 0 Å². The number of hydrogen-bond acceptors (Lipinski definition) is 1. The zero-order valence-electron chi connectivity index (χ0n) is 6.94. The molecule has 1 rings (SSSR count). The molecule has 12 heavy (non-hydrogen) atoms. The summed E-state index contributed by atoms with van der Waals surface area (Å²) in [6.45, 7) is 3.42. The average Bonchev–Trinajstić information content (AvgIpc) is 1.82. The minimum atomic E-state index is -3.73. The number of hydrogen-bond donors (Lipinski definition) is 1. The van der Waals surface area contributed by atoms with Gasteiger partial charge in [-0.3, -0.25) is 0 Å². The molecule has 66 valence electrons. The lowest BCUT2D eigenvalue weighted by atomic mass is 10.1. The summed E-state index contributed by atoms with van der Waals surface area (Å²) >= 11 is 0. The smallest absolute Gasteiger partial charge is 0.332 e. The van der Waals surface area contributed by atoms with Crippen LogP contribution in [0.15, 0.2) is 18.2 Å². The fraction of sp³-hybridized carbons (Fsp3) is 0.333. The first kappa shape index (κ1) is 9.13. The zero-order valence-corrected chi connectivity index (χ0v) is 6.94. The lowest BCUT2D eigenvalue weighted by Crippen LogP contribution is -2.11. The molecule has 0 heterocycles. The molecule has 1 aromatic carbocycles. The van der Waals surface area contributed by atoms with E-state index in [1.807, 2.05) is 0 Å². The summed E-state index contributed by atoms with van der Waals surface area (Å²) in [6, 6.07) is 4.31. The van der Waals surface area contributed by atoms with E-state index in [1.165, 1.54) is 12.1 Å². The molecule has 0 amide bonds. The molecule has 0 fully saturated rings. The van der Waals surface area contributed by atoms with E-state index in [0.717, 1.165) is 11.1 Å². The van der Waals surface area contributed by atoms with E-state index in [9.17, 15) is 8.78 Å². The fourth-order valence-corrected chi connectivity index (χ4v) is 1.15. The van der Waals surface area contributed by atoms with Crippen molar-refractivity contribution in [2.45, 2.75) is 20.0 Å². The molecule has 1 aromatic rings. The number of halogens is 2. The maximum atomic E-state index is 12.4. The minimum Gasteiger partial charge on any atom is -0.332 e. The van der Waals surface area contributed by atoms with Gasteiger partial charge in [-0.25, -0.2) is 0 Å². The van der Waals surface area contributed by atoms with Gasteiger partial charge in [-0.1, -0.05) is 17.2 Å². The van der Waals surface area contributed by atoms with Crippen LogP contribution in [0, 0.1) is 13.8 Å². The molecule has 0 saturated heterocycles. The topological polar surface area (TPSA) is 20.2 Å². The van der Waals surface area contributed by atoms with Gasteiger partial charge in [0, 0.05) is 0 Å². The summed E-state index contributed by atoms with van der Waals surface area (Å²) in [5.74, 6) is 0. The Balaban J connectivity index is 3.18. The van der Waals surface area contributed by atoms with Crippen LogP contribution in [0.2, 0.25) is 0 Å². The Bertz CT molecular complexity index is 269. The number of aliphatic hydroxyl groups is 1. The van der Waals surface area contributed by atoms with E-state index in [0.29, 0.717) is 0 Å². The van der Waals surface area contributed by atoms with Crippen LogP contribution in [0.1, 0.15) is 16.7 Å². The standard InChI is InChI=1S/C9H10F2O/c1-6-3-7(2)5-8(4-6)9(10,11)12/h3-5,12H,1-2H3. The summed E-state index contributed by atoms with van der Waals surface area (Å²) in [4.78, 5) is 0. The van der Waals surface area contributed by atoms with Crippen molar-refractivity contribution in [3.05, 3.63) is 34.9 Å². The molecular formula is C9H10F2O. The lowest BCUT2D eigenvalue weighted by Gasteiger charge is -2.10. The largest absolute Gasteiger partial charge is 0.380 e. The molecule has 0 aliphatic heterocycles. The zero-order chi connectivity index (χ0) is 9.35. The van der Waals surface area contributed by atoms with Crippen LogP contribution in [0.25, 0.3) is 0 Å². The van der Waals surface area contributed by atoms with Crippen LogP contribution in [-0.2, 0) is 6.11 Å². The molecule has 0 bridgehead atoms. The molecule has 3 heteroatoms. The highest BCUT2D eigenvalue weighted by atomic mass is 19.3. The van der Waals surface area contributed by atoms with Crippen LogP contribution >= 0.6 is 0 Å². The third kappa shape index (κ3) is 2.01. The van der Waals surface area contributed by atoms with E-state index in [2.05, 4.69) is 0 Å². The SMILES string of the molecule is Cc1cc(C)cc(C(O)(F)F)c1. The van der Waals surface area contributed by atoms with Crippen molar-refractivity contribution in [3.8, 4) is 0 Å². The molecule has 1 nitrogen and oxygen atoms in total. The van der Waals surface area contributed by atoms with Gasteiger partial charge in [0.25, 0.3) is 0 Å². The fourth-order valence-electron chi connectivity index (χ4n) is 1.15. The Morgan fingerprint density at radius 3 is 1.83 bits per heavy atom. The molecule has 0 atom stereocenters. The number of aryl methyl sites for hydroxylation is 2. The van der Waals surface area contributed by atoms with Crippen molar-refractivity contribution >= 4 is 0 Å². The Labute approximate surface area is 69.7 Å². The average molecular weight is 172 g/mol. The first-order chi connectivity index (χ1) is 5.39. The van der Waals surface area contributed by atoms with Crippen LogP contribution in [0.3, 0.4) is 0 Å². The van der Waals surface area contributed by atoms with Gasteiger partial charge < -0.3 is 5.11 Å². The third-order valence-corrected chi connectivity index (χ3v) is 1.57. The van der Waals surface area contributed by atoms with Crippen LogP contribution in [0.5, 0.6) is 0 Å². The normalized spacial score (nSPS) is 11.8. The summed E-state index contributed by atoms with van der Waals surface area (Å²) in [6.07, 6.45) is -3.73. The van der Waals surface area contributed by atoms with E-state index in [-0.39, 0.29) is 5.56 Å². The molecule has 0 unspecified atom stereocenters. The van der Waals surface area contributed by atoms with Crippen LogP contribution in [0.4, 0.5) is 8.78 Å². The lowest BCUT2D eigenvalue weighted by molar-refractivity contribution is -0.208. The summed E-state index contributed by atoms with van der Waals surface area (Å²) in [5.41, 5.74) is 1.09. The highest BCUT2D eigenvalue weighted by molar-refractivity contribution is 5.30. The number of rotatable bonds is 1. The monoisotopic (exact) mass is 172 g/mol. The Hall–Kier alpha value is -0.960. The van der Waals surface area contributed by atoms with Gasteiger partial charge in [-0.15, -0.1) is 0 Å². The van der Waals surface area contributed by atoms with Gasteiger partial charge in [0.1, 0.15) is 0 Å². The summed E-state index contributed by atoms with van der Waals surface area (Å²) in [5, 5.41) is 8.40.